The molecule has 1 aliphatic heterocycles. The van der Waals surface area contributed by atoms with Crippen LogP contribution in [0.3, 0.4) is 0 Å². The number of hydrogen-bond acceptors (Lipinski definition) is 1. The van der Waals surface area contributed by atoms with Crippen LogP contribution in [0.4, 0.5) is 0 Å². The molecule has 6 rings (SSSR count). The molecule has 0 aliphatic carbocycles. The van der Waals surface area contributed by atoms with E-state index in [9.17, 15) is 0 Å². The molecule has 0 saturated heterocycles. The van der Waals surface area contributed by atoms with Gasteiger partial charge in [0.05, 0.1) is 29.3 Å². The molecule has 0 radical (unpaired) electrons. The van der Waals surface area contributed by atoms with Crippen molar-refractivity contribution in [2.45, 2.75) is 52.8 Å². The minimum absolute atomic E-state index is 0.759. The SMILES string of the molecule is [2H]C(C)(C)c1cccc(C([2H])(C)C)c1-n1cc[n+](C)c1-c1c(C)ccc2c1Cc1nc3ccccc3n1-2. The fraction of sp³-hybridized carbons (Fsp3) is 0.290. The number of aryl methyl sites for hydroxylation is 2. The van der Waals surface area contributed by atoms with Gasteiger partial charge in [0.25, 0.3) is 5.82 Å². The summed E-state index contributed by atoms with van der Waals surface area (Å²) >= 11 is 0. The van der Waals surface area contributed by atoms with Crippen molar-refractivity contribution in [2.24, 2.45) is 7.05 Å². The maximum atomic E-state index is 8.96. The van der Waals surface area contributed by atoms with E-state index in [-0.39, 0.29) is 0 Å². The van der Waals surface area contributed by atoms with Crippen molar-refractivity contribution in [3.05, 3.63) is 95.1 Å². The van der Waals surface area contributed by atoms with Crippen molar-refractivity contribution in [3.8, 4) is 22.8 Å². The highest BCUT2D eigenvalue weighted by atomic mass is 15.2. The highest BCUT2D eigenvalue weighted by molar-refractivity contribution is 5.83. The summed E-state index contributed by atoms with van der Waals surface area (Å²) in [6, 6.07) is 18.8. The first kappa shape index (κ1) is 19.6. The minimum atomic E-state index is -0.828. The molecular weight excluding hydrogens is 428 g/mol. The summed E-state index contributed by atoms with van der Waals surface area (Å²) in [5.74, 6) is 0.452. The van der Waals surface area contributed by atoms with Gasteiger partial charge < -0.3 is 0 Å². The van der Waals surface area contributed by atoms with Crippen LogP contribution in [0.15, 0.2) is 67.0 Å². The summed E-state index contributed by atoms with van der Waals surface area (Å²) in [6.07, 6.45) is 4.91. The third kappa shape index (κ3) is 3.19. The molecule has 0 saturated carbocycles. The summed E-state index contributed by atoms with van der Waals surface area (Å²) in [7, 11) is 2.08. The van der Waals surface area contributed by atoms with Crippen molar-refractivity contribution in [2.75, 3.05) is 0 Å². The van der Waals surface area contributed by atoms with Crippen LogP contribution in [-0.4, -0.2) is 14.1 Å². The number of aromatic nitrogens is 4. The largest absolute Gasteiger partial charge is 0.296 e. The van der Waals surface area contributed by atoms with E-state index in [2.05, 4.69) is 70.4 Å². The molecule has 0 spiro atoms. The van der Waals surface area contributed by atoms with Gasteiger partial charge in [-0.05, 0) is 48.0 Å². The molecular formula is C31H33N4+. The van der Waals surface area contributed by atoms with Gasteiger partial charge in [0, 0.05) is 20.3 Å². The molecule has 4 nitrogen and oxygen atoms in total. The number of rotatable bonds is 4. The van der Waals surface area contributed by atoms with E-state index < -0.39 is 11.8 Å². The second-order valence-electron chi connectivity index (χ2n) is 10.1. The van der Waals surface area contributed by atoms with Crippen LogP contribution in [0.5, 0.6) is 0 Å². The molecule has 35 heavy (non-hydrogen) atoms. The van der Waals surface area contributed by atoms with Crippen molar-refractivity contribution in [3.63, 3.8) is 0 Å². The van der Waals surface area contributed by atoms with Crippen LogP contribution in [0.2, 0.25) is 0 Å². The highest BCUT2D eigenvalue weighted by Gasteiger charge is 2.33. The van der Waals surface area contributed by atoms with Crippen molar-refractivity contribution < 1.29 is 7.31 Å². The number of nitrogens with zero attached hydrogens (tertiary/aromatic N) is 4. The predicted octanol–water partition coefficient (Wildman–Crippen LogP) is 6.77. The van der Waals surface area contributed by atoms with Gasteiger partial charge in [0.1, 0.15) is 23.9 Å². The minimum Gasteiger partial charge on any atom is -0.296 e. The predicted molar refractivity (Wildman–Crippen MR) is 143 cm³/mol. The summed E-state index contributed by atoms with van der Waals surface area (Å²) in [5.41, 5.74) is 9.71. The molecule has 0 bridgehead atoms. The zero-order valence-electron chi connectivity index (χ0n) is 23.3. The molecule has 0 unspecified atom stereocenters. The van der Waals surface area contributed by atoms with Crippen LogP contribution >= 0.6 is 0 Å². The lowest BCUT2D eigenvalue weighted by Crippen LogP contribution is -2.30. The van der Waals surface area contributed by atoms with Crippen molar-refractivity contribution in [1.29, 1.82) is 0 Å². The van der Waals surface area contributed by atoms with Crippen LogP contribution < -0.4 is 4.57 Å². The van der Waals surface area contributed by atoms with Crippen LogP contribution in [0, 0.1) is 6.92 Å². The van der Waals surface area contributed by atoms with Gasteiger partial charge in [0.15, 0.2) is 0 Å². The van der Waals surface area contributed by atoms with E-state index in [0.717, 1.165) is 45.9 Å². The molecule has 0 fully saturated rings. The van der Waals surface area contributed by atoms with Gasteiger partial charge in [-0.3, -0.25) is 4.57 Å². The highest BCUT2D eigenvalue weighted by Crippen LogP contribution is 2.40. The Morgan fingerprint density at radius 2 is 1.66 bits per heavy atom. The average Bonchev–Trinajstić information content (AvgIpc) is 3.49. The van der Waals surface area contributed by atoms with E-state index in [0.29, 0.717) is 0 Å². The van der Waals surface area contributed by atoms with Gasteiger partial charge in [-0.15, -0.1) is 0 Å². The smallest absolute Gasteiger partial charge is 0.294 e. The lowest BCUT2D eigenvalue weighted by Gasteiger charge is -2.19. The van der Waals surface area contributed by atoms with Crippen molar-refractivity contribution in [1.82, 2.24) is 14.1 Å². The van der Waals surface area contributed by atoms with Gasteiger partial charge in [-0.1, -0.05) is 64.1 Å². The second kappa shape index (κ2) is 7.94. The number of para-hydroxylation sites is 3. The molecule has 3 heterocycles. The number of benzene rings is 3. The normalized spacial score (nSPS) is 14.1. The Morgan fingerprint density at radius 3 is 2.37 bits per heavy atom. The fourth-order valence-electron chi connectivity index (χ4n) is 5.64. The first-order valence-electron chi connectivity index (χ1n) is 13.3. The first-order chi connectivity index (χ1) is 17.5. The fourth-order valence-corrected chi connectivity index (χ4v) is 5.64. The van der Waals surface area contributed by atoms with Crippen LogP contribution in [0.25, 0.3) is 33.8 Å². The lowest BCUT2D eigenvalue weighted by molar-refractivity contribution is -0.659. The quantitative estimate of drug-likeness (QED) is 0.265. The molecule has 176 valence electrons. The summed E-state index contributed by atoms with van der Waals surface area (Å²) < 4.78 is 24.6. The Kier molecular flexibility index (Phi) is 4.45. The second-order valence-corrected chi connectivity index (χ2v) is 10.1. The Balaban J connectivity index is 1.66. The summed E-state index contributed by atoms with van der Waals surface area (Å²) in [5, 5.41) is 0. The lowest BCUT2D eigenvalue weighted by atomic mass is 9.92. The van der Waals surface area contributed by atoms with E-state index in [1.54, 1.807) is 0 Å². The molecule has 4 heteroatoms. The maximum Gasteiger partial charge on any atom is 0.294 e. The first-order valence-corrected chi connectivity index (χ1v) is 12.3. The topological polar surface area (TPSA) is 26.6 Å². The summed E-state index contributed by atoms with van der Waals surface area (Å²) in [4.78, 5) is 4.96. The molecule has 2 aromatic heterocycles. The molecule has 5 aromatic rings. The van der Waals surface area contributed by atoms with Crippen molar-refractivity contribution >= 4 is 11.0 Å². The van der Waals surface area contributed by atoms with E-state index >= 15 is 0 Å². The van der Waals surface area contributed by atoms with E-state index in [4.69, 9.17) is 7.73 Å². The monoisotopic (exact) mass is 463 g/mol. The molecule has 1 aliphatic rings. The average molecular weight is 464 g/mol. The zero-order valence-corrected chi connectivity index (χ0v) is 21.3. The molecule has 0 N–H and O–H groups in total. The number of hydrogen-bond donors (Lipinski definition) is 0. The van der Waals surface area contributed by atoms with Gasteiger partial charge in [-0.25, -0.2) is 9.55 Å². The van der Waals surface area contributed by atoms with E-state index in [1.807, 2.05) is 52.0 Å². The van der Waals surface area contributed by atoms with Crippen LogP contribution in [-0.2, 0) is 13.5 Å². The Labute approximate surface area is 210 Å². The molecule has 0 amide bonds. The molecule has 0 atom stereocenters. The maximum absolute atomic E-state index is 8.96. The summed E-state index contributed by atoms with van der Waals surface area (Å²) in [6.45, 7) is 9.86. The number of imidazole rings is 2. The van der Waals surface area contributed by atoms with E-state index in [1.165, 1.54) is 22.4 Å². The third-order valence-electron chi connectivity index (χ3n) is 7.28. The van der Waals surface area contributed by atoms with Gasteiger partial charge >= 0.3 is 0 Å². The van der Waals surface area contributed by atoms with Crippen LogP contribution in [0.1, 0.15) is 70.3 Å². The molecule has 3 aromatic carbocycles. The van der Waals surface area contributed by atoms with Gasteiger partial charge in [-0.2, -0.15) is 4.57 Å². The number of fused-ring (bicyclic) bond motifs is 5. The Morgan fingerprint density at radius 1 is 0.943 bits per heavy atom. The third-order valence-corrected chi connectivity index (χ3v) is 7.28. The standard InChI is InChI=1S/C31H33N4/c1-19(2)22-10-9-11-23(20(3)4)30(22)34-17-16-33(6)31(34)29-21(5)14-15-26-24(29)18-28-32-25-12-7-8-13-27(25)35(26)28/h7-17,19-20H,18H2,1-6H3/q+1/i19D,20D. The Hall–Kier alpha value is -3.66. The van der Waals surface area contributed by atoms with Gasteiger partial charge in [0.2, 0.25) is 0 Å². The zero-order chi connectivity index (χ0) is 26.3. The Bertz CT molecular complexity index is 1660.